The second-order valence-electron chi connectivity index (χ2n) is 9.97. The first-order chi connectivity index (χ1) is 13.7. The van der Waals surface area contributed by atoms with Gasteiger partial charge in [-0.05, 0) is 92.9 Å². The van der Waals surface area contributed by atoms with Crippen molar-refractivity contribution in [1.29, 1.82) is 0 Å². The van der Waals surface area contributed by atoms with Crippen LogP contribution in [0.2, 0.25) is 0 Å². The number of carbonyl (C=O) groups excluding carboxylic acids is 1. The molecule has 4 aliphatic rings. The molecule has 2 atom stereocenters. The third kappa shape index (κ3) is 3.56. The van der Waals surface area contributed by atoms with Crippen molar-refractivity contribution in [3.05, 3.63) is 45.3 Å². The molecule has 0 spiro atoms. The number of rotatable bonds is 4. The molecule has 0 amide bonds. The summed E-state index contributed by atoms with van der Waals surface area (Å²) in [6.45, 7) is 4.13. The van der Waals surface area contributed by atoms with Gasteiger partial charge in [0, 0.05) is 21.3 Å². The Bertz CT molecular complexity index is 1040. The third-order valence-corrected chi connectivity index (χ3v) is 8.39. The zero-order valence-electron chi connectivity index (χ0n) is 17.1. The van der Waals surface area contributed by atoms with E-state index in [1.807, 2.05) is 26.0 Å². The van der Waals surface area contributed by atoms with Crippen LogP contribution in [0.1, 0.15) is 61.6 Å². The third-order valence-electron chi connectivity index (χ3n) is 7.46. The van der Waals surface area contributed by atoms with E-state index in [9.17, 15) is 9.59 Å². The van der Waals surface area contributed by atoms with Crippen LogP contribution in [-0.2, 0) is 16.1 Å². The van der Waals surface area contributed by atoms with Crippen molar-refractivity contribution in [2.24, 2.45) is 17.3 Å². The van der Waals surface area contributed by atoms with Gasteiger partial charge in [-0.3, -0.25) is 4.79 Å². The summed E-state index contributed by atoms with van der Waals surface area (Å²) in [6.07, 6.45) is 7.72. The van der Waals surface area contributed by atoms with Crippen molar-refractivity contribution in [2.45, 2.75) is 69.7 Å². The lowest BCUT2D eigenvalue weighted by atomic mass is 9.49. The number of aryl methyl sites for hydroxylation is 2. The summed E-state index contributed by atoms with van der Waals surface area (Å²) in [6, 6.07) is 5.33. The number of hydrogen-bond donors (Lipinski definition) is 0. The number of benzene rings is 1. The minimum absolute atomic E-state index is 0.0934. The predicted molar refractivity (Wildman–Crippen MR) is 115 cm³/mol. The Morgan fingerprint density at radius 3 is 2.52 bits per heavy atom. The van der Waals surface area contributed by atoms with Gasteiger partial charge >= 0.3 is 11.6 Å². The van der Waals surface area contributed by atoms with E-state index in [1.54, 1.807) is 0 Å². The molecule has 4 bridgehead atoms. The molecule has 4 nitrogen and oxygen atoms in total. The molecule has 6 rings (SSSR count). The monoisotopic (exact) mass is 458 g/mol. The zero-order valence-corrected chi connectivity index (χ0v) is 18.6. The van der Waals surface area contributed by atoms with Crippen LogP contribution in [-0.4, -0.2) is 10.3 Å². The largest absolute Gasteiger partial charge is 0.461 e. The average molecular weight is 459 g/mol. The minimum atomic E-state index is -0.408. The SMILES string of the molecule is Cc1cc2oc(=O)cc(COC(=O)CC34CC5CC(CC(Br)(C5)C3)C4)c2cc1C. The van der Waals surface area contributed by atoms with Crippen LogP contribution in [0.5, 0.6) is 0 Å². The predicted octanol–water partition coefficient (Wildman–Crippen LogP) is 5.58. The minimum Gasteiger partial charge on any atom is -0.461 e. The number of ether oxygens (including phenoxy) is 1. The van der Waals surface area contributed by atoms with Crippen molar-refractivity contribution < 1.29 is 13.9 Å². The second kappa shape index (κ2) is 6.69. The van der Waals surface area contributed by atoms with E-state index in [0.717, 1.165) is 53.2 Å². The molecule has 1 aromatic heterocycles. The van der Waals surface area contributed by atoms with E-state index in [1.165, 1.54) is 25.3 Å². The fraction of sp³-hybridized carbons (Fsp3) is 0.583. The zero-order chi connectivity index (χ0) is 20.4. The van der Waals surface area contributed by atoms with Gasteiger partial charge in [0.25, 0.3) is 0 Å². The molecule has 0 aliphatic heterocycles. The summed E-state index contributed by atoms with van der Waals surface area (Å²) in [4.78, 5) is 24.8. The number of esters is 1. The Morgan fingerprint density at radius 1 is 1.14 bits per heavy atom. The summed E-state index contributed by atoms with van der Waals surface area (Å²) < 4.78 is 11.3. The lowest BCUT2D eigenvalue weighted by Gasteiger charge is -2.60. The van der Waals surface area contributed by atoms with Crippen LogP contribution >= 0.6 is 15.9 Å². The first-order valence-corrected chi connectivity index (χ1v) is 11.4. The van der Waals surface area contributed by atoms with Crippen LogP contribution in [0.3, 0.4) is 0 Å². The molecule has 4 aliphatic carbocycles. The van der Waals surface area contributed by atoms with Crippen LogP contribution < -0.4 is 5.63 Å². The molecule has 4 saturated carbocycles. The average Bonchev–Trinajstić information content (AvgIpc) is 2.58. The van der Waals surface area contributed by atoms with Gasteiger partial charge in [-0.1, -0.05) is 15.9 Å². The van der Waals surface area contributed by atoms with Gasteiger partial charge in [-0.25, -0.2) is 4.79 Å². The van der Waals surface area contributed by atoms with Gasteiger partial charge in [0.1, 0.15) is 12.2 Å². The van der Waals surface area contributed by atoms with Gasteiger partial charge in [-0.2, -0.15) is 0 Å². The van der Waals surface area contributed by atoms with Crippen molar-refractivity contribution in [2.75, 3.05) is 0 Å². The van der Waals surface area contributed by atoms with Crippen molar-refractivity contribution in [3.63, 3.8) is 0 Å². The molecule has 4 fully saturated rings. The van der Waals surface area contributed by atoms with Crippen molar-refractivity contribution in [3.8, 4) is 0 Å². The van der Waals surface area contributed by atoms with Crippen molar-refractivity contribution in [1.82, 2.24) is 0 Å². The highest BCUT2D eigenvalue weighted by Crippen LogP contribution is 2.65. The van der Waals surface area contributed by atoms with Gasteiger partial charge in [0.2, 0.25) is 0 Å². The molecular weight excluding hydrogens is 432 g/mol. The molecule has 0 radical (unpaired) electrons. The number of alkyl halides is 1. The smallest absolute Gasteiger partial charge is 0.336 e. The first-order valence-electron chi connectivity index (χ1n) is 10.6. The Balaban J connectivity index is 1.33. The van der Waals surface area contributed by atoms with E-state index in [-0.39, 0.29) is 22.3 Å². The number of fused-ring (bicyclic) bond motifs is 1. The number of halogens is 1. The summed E-state index contributed by atoms with van der Waals surface area (Å²) in [5.74, 6) is 1.35. The standard InChI is InChI=1S/C24H27BrO4/c1-14-3-19-18(6-21(26)29-20(19)4-15(14)2)12-28-22(27)11-23-7-16-5-17(8-23)10-24(25,9-16)13-23/h3-4,6,16-17H,5,7-13H2,1-2H3. The Morgan fingerprint density at radius 2 is 1.83 bits per heavy atom. The Kier molecular flexibility index (Phi) is 4.47. The van der Waals surface area contributed by atoms with Crippen LogP contribution in [0.4, 0.5) is 0 Å². The summed E-state index contributed by atoms with van der Waals surface area (Å²) >= 11 is 4.01. The topological polar surface area (TPSA) is 56.5 Å². The lowest BCUT2D eigenvalue weighted by molar-refractivity contribution is -0.152. The van der Waals surface area contributed by atoms with Gasteiger partial charge < -0.3 is 9.15 Å². The maximum Gasteiger partial charge on any atom is 0.336 e. The van der Waals surface area contributed by atoms with Crippen LogP contribution in [0.25, 0.3) is 11.0 Å². The highest BCUT2D eigenvalue weighted by Gasteiger charge is 2.57. The maximum absolute atomic E-state index is 12.8. The molecule has 2 aromatic rings. The fourth-order valence-electron chi connectivity index (χ4n) is 6.66. The van der Waals surface area contributed by atoms with Gasteiger partial charge in [0.05, 0.1) is 6.42 Å². The Labute approximate surface area is 179 Å². The van der Waals surface area contributed by atoms with E-state index in [4.69, 9.17) is 9.15 Å². The molecule has 5 heteroatoms. The van der Waals surface area contributed by atoms with Crippen molar-refractivity contribution >= 4 is 32.9 Å². The van der Waals surface area contributed by atoms with Crippen LogP contribution in [0, 0.1) is 31.1 Å². The second-order valence-corrected chi connectivity index (χ2v) is 11.7. The molecule has 29 heavy (non-hydrogen) atoms. The highest BCUT2D eigenvalue weighted by atomic mass is 79.9. The number of carbonyl (C=O) groups is 1. The normalized spacial score (nSPS) is 32.7. The summed E-state index contributed by atoms with van der Waals surface area (Å²) in [5, 5.41) is 0.842. The Hall–Kier alpha value is -1.62. The molecule has 1 heterocycles. The summed E-state index contributed by atoms with van der Waals surface area (Å²) in [5.41, 5.74) is 3.14. The molecular formula is C24H27BrO4. The van der Waals surface area contributed by atoms with E-state index in [0.29, 0.717) is 12.0 Å². The number of hydrogen-bond acceptors (Lipinski definition) is 4. The molecule has 2 unspecified atom stereocenters. The van der Waals surface area contributed by atoms with Gasteiger partial charge in [-0.15, -0.1) is 0 Å². The van der Waals surface area contributed by atoms with Crippen LogP contribution in [0.15, 0.2) is 27.4 Å². The molecule has 0 saturated heterocycles. The van der Waals surface area contributed by atoms with E-state index < -0.39 is 5.63 Å². The van der Waals surface area contributed by atoms with E-state index >= 15 is 0 Å². The lowest BCUT2D eigenvalue weighted by Crippen LogP contribution is -2.53. The van der Waals surface area contributed by atoms with Gasteiger partial charge in [0.15, 0.2) is 0 Å². The fourth-order valence-corrected chi connectivity index (χ4v) is 8.17. The van der Waals surface area contributed by atoms with E-state index in [2.05, 4.69) is 15.9 Å². The quantitative estimate of drug-likeness (QED) is 0.341. The molecule has 154 valence electrons. The maximum atomic E-state index is 12.8. The summed E-state index contributed by atoms with van der Waals surface area (Å²) in [7, 11) is 0. The molecule has 1 aromatic carbocycles. The first kappa shape index (κ1) is 19.3. The molecule has 0 N–H and O–H groups in total. The highest BCUT2D eigenvalue weighted by molar-refractivity contribution is 9.10.